The predicted octanol–water partition coefficient (Wildman–Crippen LogP) is 2.83. The van der Waals surface area contributed by atoms with E-state index in [9.17, 15) is 5.11 Å². The normalized spacial score (nSPS) is 14.9. The molecule has 0 aliphatic rings. The molecule has 1 aromatic carbocycles. The number of benzene rings is 1. The van der Waals surface area contributed by atoms with Crippen LogP contribution in [-0.4, -0.2) is 16.5 Å². The Morgan fingerprint density at radius 1 is 1.47 bits per heavy atom. The minimum Gasteiger partial charge on any atom is -0.399 e. The molecule has 0 radical (unpaired) electrons. The zero-order valence-electron chi connectivity index (χ0n) is 9.58. The number of aliphatic hydroxyl groups is 1. The zero-order chi connectivity index (χ0) is 11.5. The molecular weight excluding hydrogens is 206 g/mol. The van der Waals surface area contributed by atoms with Crippen molar-refractivity contribution < 1.29 is 5.11 Å². The molecule has 0 saturated carbocycles. The van der Waals surface area contributed by atoms with E-state index in [4.69, 9.17) is 5.73 Å². The van der Waals surface area contributed by atoms with E-state index in [1.165, 1.54) is 10.5 Å². The quantitative estimate of drug-likeness (QED) is 0.612. The van der Waals surface area contributed by atoms with E-state index in [1.807, 2.05) is 39.0 Å². The number of rotatable bonds is 4. The van der Waals surface area contributed by atoms with Crippen LogP contribution in [0.4, 0.5) is 5.69 Å². The Bertz CT molecular complexity index is 336. The number of anilines is 1. The lowest BCUT2D eigenvalue weighted by Crippen LogP contribution is -2.25. The van der Waals surface area contributed by atoms with Gasteiger partial charge < -0.3 is 10.8 Å². The lowest BCUT2D eigenvalue weighted by Gasteiger charge is -2.20. The molecule has 0 aliphatic heterocycles. The fourth-order valence-electron chi connectivity index (χ4n) is 1.17. The maximum absolute atomic E-state index is 9.88. The van der Waals surface area contributed by atoms with Crippen molar-refractivity contribution in [2.75, 3.05) is 11.5 Å². The van der Waals surface area contributed by atoms with Crippen molar-refractivity contribution in [3.05, 3.63) is 23.8 Å². The minimum absolute atomic E-state index is 0.585. The number of thioether (sulfide) groups is 1. The number of nitrogens with two attached hydrogens (primary N) is 1. The molecule has 0 saturated heterocycles. The first-order valence-electron chi connectivity index (χ1n) is 5.16. The fraction of sp³-hybridized carbons (Fsp3) is 0.500. The Morgan fingerprint density at radius 3 is 2.67 bits per heavy atom. The lowest BCUT2D eigenvalue weighted by atomic mass is 10.1. The Labute approximate surface area is 95.9 Å². The van der Waals surface area contributed by atoms with E-state index >= 15 is 0 Å². The molecule has 0 aromatic heterocycles. The molecular formula is C12H19NOS. The van der Waals surface area contributed by atoms with Crippen molar-refractivity contribution in [1.29, 1.82) is 0 Å². The second-order valence-electron chi connectivity index (χ2n) is 4.16. The molecule has 15 heavy (non-hydrogen) atoms. The maximum atomic E-state index is 9.88. The summed E-state index contributed by atoms with van der Waals surface area (Å²) in [7, 11) is 0. The van der Waals surface area contributed by atoms with Crippen LogP contribution in [0, 0.1) is 6.92 Å². The third-order valence-corrected chi connectivity index (χ3v) is 4.03. The van der Waals surface area contributed by atoms with E-state index < -0.39 is 5.60 Å². The van der Waals surface area contributed by atoms with Crippen molar-refractivity contribution >= 4 is 17.4 Å². The first kappa shape index (κ1) is 12.4. The Morgan fingerprint density at radius 2 is 2.13 bits per heavy atom. The number of aryl methyl sites for hydroxylation is 1. The summed E-state index contributed by atoms with van der Waals surface area (Å²) in [5.74, 6) is 0.717. The molecule has 0 fully saturated rings. The van der Waals surface area contributed by atoms with Gasteiger partial charge >= 0.3 is 0 Å². The first-order valence-corrected chi connectivity index (χ1v) is 6.14. The third kappa shape index (κ3) is 3.76. The van der Waals surface area contributed by atoms with Crippen LogP contribution in [0.5, 0.6) is 0 Å². The van der Waals surface area contributed by atoms with E-state index in [0.29, 0.717) is 5.75 Å². The van der Waals surface area contributed by atoms with Gasteiger partial charge in [0, 0.05) is 16.3 Å². The van der Waals surface area contributed by atoms with E-state index in [2.05, 4.69) is 0 Å². The Hall–Kier alpha value is -0.670. The second kappa shape index (κ2) is 4.90. The van der Waals surface area contributed by atoms with Gasteiger partial charge in [-0.3, -0.25) is 0 Å². The molecule has 0 spiro atoms. The topological polar surface area (TPSA) is 46.2 Å². The van der Waals surface area contributed by atoms with Gasteiger partial charge in [-0.15, -0.1) is 11.8 Å². The van der Waals surface area contributed by atoms with E-state index in [1.54, 1.807) is 11.8 Å². The van der Waals surface area contributed by atoms with Gasteiger partial charge in [-0.05, 0) is 44.0 Å². The van der Waals surface area contributed by atoms with Gasteiger partial charge in [-0.1, -0.05) is 6.92 Å². The molecule has 2 nitrogen and oxygen atoms in total. The maximum Gasteiger partial charge on any atom is 0.0710 e. The number of hydrogen-bond acceptors (Lipinski definition) is 3. The average molecular weight is 225 g/mol. The number of nitrogen functional groups attached to an aromatic ring is 1. The highest BCUT2D eigenvalue weighted by Crippen LogP contribution is 2.28. The highest BCUT2D eigenvalue weighted by atomic mass is 32.2. The molecule has 0 amide bonds. The molecule has 0 heterocycles. The van der Waals surface area contributed by atoms with Crippen LogP contribution in [0.15, 0.2) is 23.1 Å². The third-order valence-electron chi connectivity index (χ3n) is 2.50. The summed E-state index contributed by atoms with van der Waals surface area (Å²) in [4.78, 5) is 1.19. The van der Waals surface area contributed by atoms with E-state index in [0.717, 1.165) is 12.1 Å². The van der Waals surface area contributed by atoms with Crippen LogP contribution in [0.2, 0.25) is 0 Å². The summed E-state index contributed by atoms with van der Waals surface area (Å²) >= 11 is 1.68. The van der Waals surface area contributed by atoms with Crippen LogP contribution in [0.3, 0.4) is 0 Å². The van der Waals surface area contributed by atoms with E-state index in [-0.39, 0.29) is 0 Å². The molecule has 3 N–H and O–H groups in total. The second-order valence-corrected chi connectivity index (χ2v) is 5.18. The zero-order valence-corrected chi connectivity index (χ0v) is 10.4. The standard InChI is InChI=1S/C12H19NOS/c1-4-12(3,14)8-15-11-6-5-10(13)7-9(11)2/h5-7,14H,4,8,13H2,1-3H3. The summed E-state index contributed by atoms with van der Waals surface area (Å²) < 4.78 is 0. The average Bonchev–Trinajstić information content (AvgIpc) is 2.16. The van der Waals surface area contributed by atoms with Crippen molar-refractivity contribution in [1.82, 2.24) is 0 Å². The first-order chi connectivity index (χ1) is 6.94. The molecule has 1 atom stereocenters. The Balaban J connectivity index is 2.66. The van der Waals surface area contributed by atoms with Crippen molar-refractivity contribution in [3.63, 3.8) is 0 Å². The SMILES string of the molecule is CCC(C)(O)CSc1ccc(N)cc1C. The van der Waals surface area contributed by atoms with Crippen LogP contribution in [0.1, 0.15) is 25.8 Å². The van der Waals surface area contributed by atoms with Gasteiger partial charge in [0.15, 0.2) is 0 Å². The summed E-state index contributed by atoms with van der Waals surface area (Å²) in [5.41, 5.74) is 7.06. The highest BCUT2D eigenvalue weighted by molar-refractivity contribution is 7.99. The molecule has 1 rings (SSSR count). The summed E-state index contributed by atoms with van der Waals surface area (Å²) in [6, 6.07) is 5.88. The smallest absolute Gasteiger partial charge is 0.0710 e. The predicted molar refractivity (Wildman–Crippen MR) is 67.2 cm³/mol. The summed E-state index contributed by atoms with van der Waals surface area (Å²) in [5, 5.41) is 9.88. The van der Waals surface area contributed by atoms with Crippen LogP contribution in [-0.2, 0) is 0 Å². The molecule has 3 heteroatoms. The monoisotopic (exact) mass is 225 g/mol. The van der Waals surface area contributed by atoms with Gasteiger partial charge in [0.05, 0.1) is 5.60 Å². The van der Waals surface area contributed by atoms with Gasteiger partial charge in [0.1, 0.15) is 0 Å². The van der Waals surface area contributed by atoms with Gasteiger partial charge in [-0.25, -0.2) is 0 Å². The largest absolute Gasteiger partial charge is 0.399 e. The highest BCUT2D eigenvalue weighted by Gasteiger charge is 2.17. The molecule has 84 valence electrons. The molecule has 1 unspecified atom stereocenters. The van der Waals surface area contributed by atoms with Crippen molar-refractivity contribution in [3.8, 4) is 0 Å². The lowest BCUT2D eigenvalue weighted by molar-refractivity contribution is 0.0816. The van der Waals surface area contributed by atoms with Crippen molar-refractivity contribution in [2.45, 2.75) is 37.7 Å². The van der Waals surface area contributed by atoms with Crippen LogP contribution in [0.25, 0.3) is 0 Å². The van der Waals surface area contributed by atoms with Gasteiger partial charge in [-0.2, -0.15) is 0 Å². The van der Waals surface area contributed by atoms with Gasteiger partial charge in [0.25, 0.3) is 0 Å². The van der Waals surface area contributed by atoms with Gasteiger partial charge in [0.2, 0.25) is 0 Å². The summed E-state index contributed by atoms with van der Waals surface area (Å²) in [6.45, 7) is 5.91. The Kier molecular flexibility index (Phi) is 4.05. The molecule has 0 aliphatic carbocycles. The van der Waals surface area contributed by atoms with Crippen molar-refractivity contribution in [2.24, 2.45) is 0 Å². The minimum atomic E-state index is -0.585. The fourth-order valence-corrected chi connectivity index (χ4v) is 2.29. The summed E-state index contributed by atoms with van der Waals surface area (Å²) in [6.07, 6.45) is 0.772. The van der Waals surface area contributed by atoms with Crippen LogP contribution >= 0.6 is 11.8 Å². The molecule has 0 bridgehead atoms. The number of hydrogen-bond donors (Lipinski definition) is 2. The molecule has 1 aromatic rings. The van der Waals surface area contributed by atoms with Crippen LogP contribution < -0.4 is 5.73 Å².